The zero-order chi connectivity index (χ0) is 14.0. The van der Waals surface area contributed by atoms with Crippen LogP contribution in [0.2, 0.25) is 5.02 Å². The van der Waals surface area contributed by atoms with Crippen molar-refractivity contribution in [1.82, 2.24) is 10.4 Å². The molecule has 1 saturated heterocycles. The van der Waals surface area contributed by atoms with Crippen LogP contribution in [-0.4, -0.2) is 23.0 Å². The second-order valence-corrected chi connectivity index (χ2v) is 6.39. The Morgan fingerprint density at radius 3 is 2.63 bits per heavy atom. The number of benzene rings is 1. The Hall–Kier alpha value is -0.580. The van der Waals surface area contributed by atoms with E-state index in [1.165, 1.54) is 6.42 Å². The molecule has 1 heterocycles. The van der Waals surface area contributed by atoms with Crippen LogP contribution in [0.5, 0.6) is 0 Å². The van der Waals surface area contributed by atoms with Gasteiger partial charge in [-0.15, -0.1) is 0 Å². The summed E-state index contributed by atoms with van der Waals surface area (Å²) < 4.78 is 0.756. The first-order valence-corrected chi connectivity index (χ1v) is 7.70. The van der Waals surface area contributed by atoms with Crippen molar-refractivity contribution in [3.8, 4) is 0 Å². The highest BCUT2D eigenvalue weighted by molar-refractivity contribution is 9.10. The average Bonchev–Trinajstić information content (AvgIpc) is 2.37. The van der Waals surface area contributed by atoms with Gasteiger partial charge in [-0.3, -0.25) is 10.2 Å². The highest BCUT2D eigenvalue weighted by atomic mass is 79.9. The number of nitrogens with one attached hydrogen (secondary N) is 1. The standard InChI is InChI=1S/C14H18BrClN2O/c1-9-4-3-5-10(2)18(9)17-14(19)12-8-11(16)6-7-13(12)15/h6-10H,3-5H2,1-2H3,(H,17,19). The lowest BCUT2D eigenvalue weighted by molar-refractivity contribution is 0.0369. The number of nitrogens with zero attached hydrogens (tertiary/aromatic N) is 1. The Morgan fingerprint density at radius 2 is 2.00 bits per heavy atom. The monoisotopic (exact) mass is 344 g/mol. The highest BCUT2D eigenvalue weighted by Crippen LogP contribution is 2.23. The molecule has 2 unspecified atom stereocenters. The van der Waals surface area contributed by atoms with Crippen LogP contribution in [0.3, 0.4) is 0 Å². The maximum Gasteiger partial charge on any atom is 0.266 e. The Morgan fingerprint density at radius 1 is 1.37 bits per heavy atom. The van der Waals surface area contributed by atoms with Crippen LogP contribution in [0.15, 0.2) is 22.7 Å². The molecule has 1 aliphatic heterocycles. The van der Waals surface area contributed by atoms with Gasteiger partial charge in [0.15, 0.2) is 0 Å². The van der Waals surface area contributed by atoms with Crippen LogP contribution in [0.4, 0.5) is 0 Å². The summed E-state index contributed by atoms with van der Waals surface area (Å²) in [5, 5.41) is 2.62. The van der Waals surface area contributed by atoms with Crippen LogP contribution >= 0.6 is 27.5 Å². The van der Waals surface area contributed by atoms with E-state index in [1.54, 1.807) is 18.2 Å². The van der Waals surface area contributed by atoms with E-state index in [1.807, 2.05) is 0 Å². The lowest BCUT2D eigenvalue weighted by Gasteiger charge is -2.38. The van der Waals surface area contributed by atoms with Crippen LogP contribution in [0, 0.1) is 0 Å². The summed E-state index contributed by atoms with van der Waals surface area (Å²) in [6.45, 7) is 4.28. The predicted octanol–water partition coefficient (Wildman–Crippen LogP) is 4.01. The van der Waals surface area contributed by atoms with Gasteiger partial charge in [-0.05, 0) is 60.8 Å². The zero-order valence-electron chi connectivity index (χ0n) is 11.1. The van der Waals surface area contributed by atoms with E-state index in [9.17, 15) is 4.79 Å². The molecule has 0 aromatic heterocycles. The van der Waals surface area contributed by atoms with Gasteiger partial charge in [0, 0.05) is 21.6 Å². The van der Waals surface area contributed by atoms with Crippen molar-refractivity contribution in [2.45, 2.75) is 45.2 Å². The van der Waals surface area contributed by atoms with Gasteiger partial charge in [0.05, 0.1) is 5.56 Å². The first-order valence-electron chi connectivity index (χ1n) is 6.53. The Balaban J connectivity index is 2.14. The molecule has 1 aliphatic rings. The number of halogens is 2. The molecule has 0 aliphatic carbocycles. The molecular formula is C14H18BrClN2O. The molecule has 0 bridgehead atoms. The van der Waals surface area contributed by atoms with Crippen LogP contribution in [0.1, 0.15) is 43.5 Å². The smallest absolute Gasteiger partial charge is 0.266 e. The van der Waals surface area contributed by atoms with E-state index in [-0.39, 0.29) is 5.91 Å². The molecule has 1 amide bonds. The first-order chi connectivity index (χ1) is 8.99. The van der Waals surface area contributed by atoms with Gasteiger partial charge in [-0.2, -0.15) is 0 Å². The van der Waals surface area contributed by atoms with Crippen molar-refractivity contribution in [2.75, 3.05) is 0 Å². The summed E-state index contributed by atoms with van der Waals surface area (Å²) in [7, 11) is 0. The second kappa shape index (κ2) is 6.25. The molecular weight excluding hydrogens is 328 g/mol. The van der Waals surface area contributed by atoms with E-state index >= 15 is 0 Å². The largest absolute Gasteiger partial charge is 0.284 e. The number of hydrogen-bond donors (Lipinski definition) is 1. The normalized spacial score (nSPS) is 24.2. The summed E-state index contributed by atoms with van der Waals surface area (Å²) in [6, 6.07) is 5.96. The molecule has 0 radical (unpaired) electrons. The van der Waals surface area contributed by atoms with Gasteiger partial charge in [-0.1, -0.05) is 18.0 Å². The molecule has 1 N–H and O–H groups in total. The third kappa shape index (κ3) is 3.50. The minimum atomic E-state index is -0.116. The minimum Gasteiger partial charge on any atom is -0.284 e. The van der Waals surface area contributed by atoms with E-state index < -0.39 is 0 Å². The first kappa shape index (κ1) is 14.8. The molecule has 2 rings (SSSR count). The molecule has 0 spiro atoms. The number of rotatable bonds is 2. The van der Waals surface area contributed by atoms with E-state index in [2.05, 4.69) is 40.2 Å². The van der Waals surface area contributed by atoms with Crippen molar-refractivity contribution in [3.63, 3.8) is 0 Å². The molecule has 19 heavy (non-hydrogen) atoms. The van der Waals surface area contributed by atoms with Gasteiger partial charge < -0.3 is 0 Å². The maximum absolute atomic E-state index is 12.3. The van der Waals surface area contributed by atoms with Gasteiger partial charge in [0.2, 0.25) is 0 Å². The number of piperidine rings is 1. The van der Waals surface area contributed by atoms with E-state index in [0.29, 0.717) is 22.7 Å². The maximum atomic E-state index is 12.3. The number of amides is 1. The molecule has 2 atom stereocenters. The predicted molar refractivity (Wildman–Crippen MR) is 81.2 cm³/mol. The van der Waals surface area contributed by atoms with Gasteiger partial charge >= 0.3 is 0 Å². The van der Waals surface area contributed by atoms with Crippen LogP contribution in [0.25, 0.3) is 0 Å². The fraction of sp³-hybridized carbons (Fsp3) is 0.500. The van der Waals surface area contributed by atoms with E-state index in [0.717, 1.165) is 17.3 Å². The number of hydrazine groups is 1. The summed E-state index contributed by atoms with van der Waals surface area (Å²) >= 11 is 9.33. The zero-order valence-corrected chi connectivity index (χ0v) is 13.5. The summed E-state index contributed by atoms with van der Waals surface area (Å²) in [4.78, 5) is 12.3. The van der Waals surface area contributed by atoms with Gasteiger partial charge in [0.25, 0.3) is 5.91 Å². The molecule has 1 aromatic carbocycles. The Kier molecular flexibility index (Phi) is 4.87. The quantitative estimate of drug-likeness (QED) is 0.878. The second-order valence-electron chi connectivity index (χ2n) is 5.10. The lowest BCUT2D eigenvalue weighted by atomic mass is 10.00. The number of hydrogen-bond acceptors (Lipinski definition) is 2. The van der Waals surface area contributed by atoms with Crippen molar-refractivity contribution in [3.05, 3.63) is 33.3 Å². The third-order valence-electron chi connectivity index (χ3n) is 3.60. The molecule has 104 valence electrons. The van der Waals surface area contributed by atoms with Gasteiger partial charge in [-0.25, -0.2) is 5.01 Å². The summed E-state index contributed by atoms with van der Waals surface area (Å²) in [5.74, 6) is -0.116. The third-order valence-corrected chi connectivity index (χ3v) is 4.52. The lowest BCUT2D eigenvalue weighted by Crippen LogP contribution is -2.54. The summed E-state index contributed by atoms with van der Waals surface area (Å²) in [6.07, 6.45) is 3.44. The molecule has 1 fully saturated rings. The number of carbonyl (C=O) groups is 1. The average molecular weight is 346 g/mol. The SMILES string of the molecule is CC1CCCC(C)N1NC(=O)c1cc(Cl)ccc1Br. The topological polar surface area (TPSA) is 32.3 Å². The highest BCUT2D eigenvalue weighted by Gasteiger charge is 2.26. The van der Waals surface area contributed by atoms with Crippen molar-refractivity contribution in [1.29, 1.82) is 0 Å². The fourth-order valence-corrected chi connectivity index (χ4v) is 3.09. The molecule has 1 aromatic rings. The molecule has 3 nitrogen and oxygen atoms in total. The van der Waals surface area contributed by atoms with Crippen LogP contribution in [-0.2, 0) is 0 Å². The molecule has 0 saturated carbocycles. The van der Waals surface area contributed by atoms with E-state index in [4.69, 9.17) is 11.6 Å². The molecule has 5 heteroatoms. The van der Waals surface area contributed by atoms with Crippen LogP contribution < -0.4 is 5.43 Å². The number of carbonyl (C=O) groups excluding carboxylic acids is 1. The van der Waals surface area contributed by atoms with Crippen molar-refractivity contribution >= 4 is 33.4 Å². The minimum absolute atomic E-state index is 0.116. The van der Waals surface area contributed by atoms with Crippen molar-refractivity contribution in [2.24, 2.45) is 0 Å². The Bertz CT molecular complexity index is 471. The summed E-state index contributed by atoms with van der Waals surface area (Å²) in [5.41, 5.74) is 3.58. The Labute approximate surface area is 127 Å². The van der Waals surface area contributed by atoms with Gasteiger partial charge in [0.1, 0.15) is 0 Å². The van der Waals surface area contributed by atoms with Crippen molar-refractivity contribution < 1.29 is 4.79 Å². The fourth-order valence-electron chi connectivity index (χ4n) is 2.49.